The van der Waals surface area contributed by atoms with E-state index in [-0.39, 0.29) is 12.5 Å². The molecule has 0 aliphatic carbocycles. The first-order chi connectivity index (χ1) is 10.6. The fourth-order valence-corrected chi connectivity index (χ4v) is 2.01. The Hall–Kier alpha value is -2.20. The molecule has 1 N–H and O–H groups in total. The summed E-state index contributed by atoms with van der Waals surface area (Å²) in [4.78, 5) is 11.8. The maximum Gasteiger partial charge on any atom is 0.258 e. The number of rotatable bonds is 6. The Morgan fingerprint density at radius 2 is 2.00 bits per heavy atom. The van der Waals surface area contributed by atoms with Gasteiger partial charge in [0.15, 0.2) is 6.61 Å². The van der Waals surface area contributed by atoms with Crippen LogP contribution in [0.15, 0.2) is 42.5 Å². The summed E-state index contributed by atoms with van der Waals surface area (Å²) in [6, 6.07) is 12.8. The molecular weight excluding hydrogens is 302 g/mol. The maximum absolute atomic E-state index is 11.8. The van der Waals surface area contributed by atoms with Crippen molar-refractivity contribution in [3.05, 3.63) is 58.6 Å². The molecule has 0 atom stereocenters. The Balaban J connectivity index is 1.81. The lowest BCUT2D eigenvalue weighted by molar-refractivity contribution is -0.123. The summed E-state index contributed by atoms with van der Waals surface area (Å²) < 4.78 is 10.6. The van der Waals surface area contributed by atoms with E-state index in [0.717, 1.165) is 16.9 Å². The summed E-state index contributed by atoms with van der Waals surface area (Å²) in [5, 5.41) is 3.48. The molecule has 116 valence electrons. The molecule has 2 aromatic rings. The number of hydrogen-bond donors (Lipinski definition) is 1. The molecule has 0 aromatic heterocycles. The van der Waals surface area contributed by atoms with E-state index in [1.807, 2.05) is 31.2 Å². The predicted molar refractivity (Wildman–Crippen MR) is 86.5 cm³/mol. The van der Waals surface area contributed by atoms with E-state index in [1.165, 1.54) is 0 Å². The number of aryl methyl sites for hydroxylation is 1. The first kappa shape index (κ1) is 16.2. The zero-order chi connectivity index (χ0) is 15.9. The van der Waals surface area contributed by atoms with Crippen LogP contribution in [-0.2, 0) is 11.3 Å². The molecule has 0 aliphatic rings. The number of hydrogen-bond acceptors (Lipinski definition) is 3. The van der Waals surface area contributed by atoms with Gasteiger partial charge in [0.1, 0.15) is 11.5 Å². The van der Waals surface area contributed by atoms with Crippen molar-refractivity contribution >= 4 is 17.5 Å². The Labute approximate surface area is 135 Å². The third kappa shape index (κ3) is 4.67. The van der Waals surface area contributed by atoms with Gasteiger partial charge in [-0.05, 0) is 48.4 Å². The van der Waals surface area contributed by atoms with E-state index in [1.54, 1.807) is 25.3 Å². The first-order valence-corrected chi connectivity index (χ1v) is 7.25. The number of carbonyl (C=O) groups excluding carboxylic acids is 1. The molecule has 4 nitrogen and oxygen atoms in total. The lowest BCUT2D eigenvalue weighted by Gasteiger charge is -2.09. The minimum Gasteiger partial charge on any atom is -0.497 e. The predicted octanol–water partition coefficient (Wildman–Crippen LogP) is 3.35. The van der Waals surface area contributed by atoms with Crippen molar-refractivity contribution in [1.29, 1.82) is 0 Å². The number of benzene rings is 2. The largest absolute Gasteiger partial charge is 0.497 e. The van der Waals surface area contributed by atoms with Crippen LogP contribution >= 0.6 is 11.6 Å². The Kier molecular flexibility index (Phi) is 5.67. The average Bonchev–Trinajstić information content (AvgIpc) is 2.54. The van der Waals surface area contributed by atoms with Crippen LogP contribution in [0.5, 0.6) is 11.5 Å². The van der Waals surface area contributed by atoms with Crippen LogP contribution in [0.4, 0.5) is 0 Å². The summed E-state index contributed by atoms with van der Waals surface area (Å²) in [7, 11) is 1.61. The Bertz CT molecular complexity index is 658. The summed E-state index contributed by atoms with van der Waals surface area (Å²) in [6.45, 7) is 2.28. The van der Waals surface area contributed by atoms with Gasteiger partial charge >= 0.3 is 0 Å². The zero-order valence-corrected chi connectivity index (χ0v) is 13.3. The highest BCUT2D eigenvalue weighted by Gasteiger charge is 2.05. The number of nitrogens with one attached hydrogen (secondary N) is 1. The Morgan fingerprint density at radius 1 is 1.18 bits per heavy atom. The van der Waals surface area contributed by atoms with Gasteiger partial charge < -0.3 is 14.8 Å². The van der Waals surface area contributed by atoms with Crippen molar-refractivity contribution in [3.63, 3.8) is 0 Å². The molecular formula is C17H18ClNO3. The highest BCUT2D eigenvalue weighted by molar-refractivity contribution is 6.31. The summed E-state index contributed by atoms with van der Waals surface area (Å²) >= 11 is 5.94. The molecule has 0 radical (unpaired) electrons. The molecule has 0 fully saturated rings. The molecule has 0 bridgehead atoms. The molecule has 0 saturated heterocycles. The molecule has 22 heavy (non-hydrogen) atoms. The van der Waals surface area contributed by atoms with E-state index >= 15 is 0 Å². The van der Waals surface area contributed by atoms with E-state index in [0.29, 0.717) is 17.3 Å². The van der Waals surface area contributed by atoms with Crippen molar-refractivity contribution in [2.45, 2.75) is 13.5 Å². The minimum absolute atomic E-state index is 0.0367. The van der Waals surface area contributed by atoms with Gasteiger partial charge in [-0.2, -0.15) is 0 Å². The number of methoxy groups -OCH3 is 1. The minimum atomic E-state index is -0.185. The normalized spacial score (nSPS) is 10.1. The van der Waals surface area contributed by atoms with Crippen molar-refractivity contribution in [1.82, 2.24) is 5.32 Å². The van der Waals surface area contributed by atoms with Gasteiger partial charge in [-0.1, -0.05) is 23.7 Å². The average molecular weight is 320 g/mol. The molecule has 2 rings (SSSR count). The lowest BCUT2D eigenvalue weighted by atomic mass is 10.2. The number of amides is 1. The lowest BCUT2D eigenvalue weighted by Crippen LogP contribution is -2.28. The van der Waals surface area contributed by atoms with Gasteiger partial charge in [0.2, 0.25) is 0 Å². The van der Waals surface area contributed by atoms with Crippen molar-refractivity contribution < 1.29 is 14.3 Å². The van der Waals surface area contributed by atoms with Crippen LogP contribution in [0.2, 0.25) is 5.02 Å². The quantitative estimate of drug-likeness (QED) is 0.888. The van der Waals surface area contributed by atoms with Crippen LogP contribution in [0, 0.1) is 6.92 Å². The van der Waals surface area contributed by atoms with E-state index in [2.05, 4.69) is 5.32 Å². The van der Waals surface area contributed by atoms with Gasteiger partial charge in [-0.3, -0.25) is 4.79 Å². The second kappa shape index (κ2) is 7.71. The van der Waals surface area contributed by atoms with Crippen molar-refractivity contribution in [2.75, 3.05) is 13.7 Å². The van der Waals surface area contributed by atoms with Crippen LogP contribution in [0.3, 0.4) is 0 Å². The van der Waals surface area contributed by atoms with Crippen molar-refractivity contribution in [2.24, 2.45) is 0 Å². The fraction of sp³-hybridized carbons (Fsp3) is 0.235. The van der Waals surface area contributed by atoms with Gasteiger partial charge in [0, 0.05) is 11.6 Å². The van der Waals surface area contributed by atoms with Crippen LogP contribution in [0.1, 0.15) is 11.1 Å². The van der Waals surface area contributed by atoms with Crippen LogP contribution < -0.4 is 14.8 Å². The van der Waals surface area contributed by atoms with Crippen molar-refractivity contribution in [3.8, 4) is 11.5 Å². The first-order valence-electron chi connectivity index (χ1n) is 6.87. The standard InChI is InChI=1S/C17H18ClNO3/c1-12-8-15(6-7-16(12)18)22-11-17(20)19-10-13-4-3-5-14(9-13)21-2/h3-9H,10-11H2,1-2H3,(H,19,20). The highest BCUT2D eigenvalue weighted by atomic mass is 35.5. The monoisotopic (exact) mass is 319 g/mol. The Morgan fingerprint density at radius 3 is 2.73 bits per heavy atom. The van der Waals surface area contributed by atoms with Crippen LogP contribution in [0.25, 0.3) is 0 Å². The summed E-state index contributed by atoms with van der Waals surface area (Å²) in [5.74, 6) is 1.20. The van der Waals surface area contributed by atoms with Crippen LogP contribution in [-0.4, -0.2) is 19.6 Å². The van der Waals surface area contributed by atoms with Gasteiger partial charge in [0.05, 0.1) is 7.11 Å². The molecule has 0 heterocycles. The smallest absolute Gasteiger partial charge is 0.258 e. The SMILES string of the molecule is COc1cccc(CNC(=O)COc2ccc(Cl)c(C)c2)c1. The molecule has 0 saturated carbocycles. The van der Waals surface area contributed by atoms with E-state index in [9.17, 15) is 4.79 Å². The topological polar surface area (TPSA) is 47.6 Å². The van der Waals surface area contributed by atoms with E-state index in [4.69, 9.17) is 21.1 Å². The fourth-order valence-electron chi connectivity index (χ4n) is 1.89. The molecule has 1 amide bonds. The molecule has 0 aliphatic heterocycles. The maximum atomic E-state index is 11.8. The van der Waals surface area contributed by atoms with Gasteiger partial charge in [-0.25, -0.2) is 0 Å². The van der Waals surface area contributed by atoms with E-state index < -0.39 is 0 Å². The number of ether oxygens (including phenoxy) is 2. The highest BCUT2D eigenvalue weighted by Crippen LogP contribution is 2.20. The second-order valence-corrected chi connectivity index (χ2v) is 5.24. The second-order valence-electron chi connectivity index (χ2n) is 4.83. The molecule has 2 aromatic carbocycles. The number of halogens is 1. The third-order valence-electron chi connectivity index (χ3n) is 3.12. The third-order valence-corrected chi connectivity index (χ3v) is 3.55. The van der Waals surface area contributed by atoms with Gasteiger partial charge in [-0.15, -0.1) is 0 Å². The molecule has 0 unspecified atom stereocenters. The summed E-state index contributed by atoms with van der Waals surface area (Å²) in [5.41, 5.74) is 1.88. The molecule has 0 spiro atoms. The molecule has 5 heteroatoms. The zero-order valence-electron chi connectivity index (χ0n) is 12.6. The van der Waals surface area contributed by atoms with Gasteiger partial charge in [0.25, 0.3) is 5.91 Å². The number of carbonyl (C=O) groups is 1. The summed E-state index contributed by atoms with van der Waals surface area (Å²) in [6.07, 6.45) is 0.